The lowest BCUT2D eigenvalue weighted by atomic mass is 10.0. The van der Waals surface area contributed by atoms with Gasteiger partial charge in [0.2, 0.25) is 0 Å². The number of nitrogens with one attached hydrogen (secondary N) is 2. The summed E-state index contributed by atoms with van der Waals surface area (Å²) in [6.45, 7) is 9.49. The fourth-order valence-corrected chi connectivity index (χ4v) is 2.78. The largest absolute Gasteiger partial charge is 0.460 e. The van der Waals surface area contributed by atoms with Crippen molar-refractivity contribution in [3.8, 4) is 0 Å². The van der Waals surface area contributed by atoms with Gasteiger partial charge < -0.3 is 44.2 Å². The average molecular weight is 472 g/mol. The van der Waals surface area contributed by atoms with Crippen LogP contribution in [0.15, 0.2) is 24.3 Å². The number of amides is 2. The number of aliphatic hydroxyl groups is 1. The van der Waals surface area contributed by atoms with Crippen molar-refractivity contribution in [2.75, 3.05) is 32.9 Å². The van der Waals surface area contributed by atoms with Crippen LogP contribution in [0.3, 0.4) is 0 Å². The molecule has 0 aromatic heterocycles. The quantitative estimate of drug-likeness (QED) is 0.163. The summed E-state index contributed by atoms with van der Waals surface area (Å²) in [5, 5.41) is 15.2. The molecule has 33 heavy (non-hydrogen) atoms. The first-order valence-corrected chi connectivity index (χ1v) is 10.1. The Morgan fingerprint density at radius 1 is 0.909 bits per heavy atom. The Morgan fingerprint density at radius 3 is 1.88 bits per heavy atom. The zero-order valence-electron chi connectivity index (χ0n) is 18.4. The van der Waals surface area contributed by atoms with Gasteiger partial charge in [-0.15, -0.1) is 0 Å². The molecule has 2 aliphatic heterocycles. The number of aliphatic hydroxyl groups excluding tert-OH is 1. The predicted octanol–water partition coefficient (Wildman–Crippen LogP) is -0.469. The van der Waals surface area contributed by atoms with Gasteiger partial charge in [-0.2, -0.15) is 0 Å². The van der Waals surface area contributed by atoms with Crippen LogP contribution in [0.5, 0.6) is 0 Å². The summed E-state index contributed by atoms with van der Waals surface area (Å²) in [6, 6.07) is 0. The standard InChI is InChI=1S/C20H28N2O11/c1-10(2)16(24)28-7-5-21-19(26)32-14-13(23)12-9-30-18(31-12)15(14)33-20(27)22-6-8-29-17(25)11(3)4/h12-15,18,23H,1,3,5-9H2,2,4H3,(H,21,26)(H,22,27)/t12-,13-,14+,15-,18-/m1/s1. The number of hydrogen-bond donors (Lipinski definition) is 3. The molecular weight excluding hydrogens is 444 g/mol. The summed E-state index contributed by atoms with van der Waals surface area (Å²) in [5.41, 5.74) is 0.428. The van der Waals surface area contributed by atoms with Crippen LogP contribution >= 0.6 is 0 Å². The van der Waals surface area contributed by atoms with E-state index in [0.29, 0.717) is 0 Å². The van der Waals surface area contributed by atoms with Crippen molar-refractivity contribution in [2.24, 2.45) is 0 Å². The van der Waals surface area contributed by atoms with Crippen molar-refractivity contribution < 1.29 is 52.7 Å². The maximum Gasteiger partial charge on any atom is 0.407 e. The molecule has 5 atom stereocenters. The number of carbonyl (C=O) groups is 4. The molecule has 2 amide bonds. The maximum absolute atomic E-state index is 12.1. The maximum atomic E-state index is 12.1. The third kappa shape index (κ3) is 7.73. The lowest BCUT2D eigenvalue weighted by molar-refractivity contribution is -0.227. The number of carbonyl (C=O) groups excluding carboxylic acids is 4. The van der Waals surface area contributed by atoms with E-state index in [4.69, 9.17) is 28.4 Å². The van der Waals surface area contributed by atoms with Gasteiger partial charge in [-0.1, -0.05) is 13.2 Å². The van der Waals surface area contributed by atoms with E-state index < -0.39 is 54.8 Å². The second-order valence-corrected chi connectivity index (χ2v) is 7.29. The normalized spacial score (nSPS) is 25.4. The highest BCUT2D eigenvalue weighted by Gasteiger charge is 2.54. The molecule has 184 valence electrons. The van der Waals surface area contributed by atoms with Gasteiger partial charge in [-0.05, 0) is 13.8 Å². The number of esters is 2. The molecule has 3 N–H and O–H groups in total. The van der Waals surface area contributed by atoms with Gasteiger partial charge in [-0.25, -0.2) is 19.2 Å². The van der Waals surface area contributed by atoms with E-state index in [-0.39, 0.29) is 44.1 Å². The van der Waals surface area contributed by atoms with Crippen molar-refractivity contribution in [1.29, 1.82) is 0 Å². The Bertz CT molecular complexity index is 736. The van der Waals surface area contributed by atoms with Crippen LogP contribution in [0.25, 0.3) is 0 Å². The van der Waals surface area contributed by atoms with Gasteiger partial charge in [0.1, 0.15) is 25.4 Å². The zero-order chi connectivity index (χ0) is 24.5. The van der Waals surface area contributed by atoms with Gasteiger partial charge >= 0.3 is 24.1 Å². The summed E-state index contributed by atoms with van der Waals surface area (Å²) in [4.78, 5) is 46.9. The fourth-order valence-electron chi connectivity index (χ4n) is 2.78. The Morgan fingerprint density at radius 2 is 1.39 bits per heavy atom. The molecule has 2 fully saturated rings. The highest BCUT2D eigenvalue weighted by atomic mass is 16.8. The second kappa shape index (κ2) is 12.2. The van der Waals surface area contributed by atoms with E-state index >= 15 is 0 Å². The summed E-state index contributed by atoms with van der Waals surface area (Å²) < 4.78 is 31.0. The smallest absolute Gasteiger partial charge is 0.407 e. The van der Waals surface area contributed by atoms with Gasteiger partial charge in [0.05, 0.1) is 19.7 Å². The van der Waals surface area contributed by atoms with E-state index in [1.54, 1.807) is 0 Å². The van der Waals surface area contributed by atoms with Crippen LogP contribution in [0.4, 0.5) is 9.59 Å². The monoisotopic (exact) mass is 472 g/mol. The summed E-state index contributed by atoms with van der Waals surface area (Å²) in [7, 11) is 0. The second-order valence-electron chi connectivity index (χ2n) is 7.29. The first kappa shape index (κ1) is 26.1. The van der Waals surface area contributed by atoms with E-state index in [2.05, 4.69) is 23.8 Å². The topological polar surface area (TPSA) is 168 Å². The van der Waals surface area contributed by atoms with Crippen LogP contribution in [0, 0.1) is 0 Å². The number of alkyl carbamates (subject to hydrolysis) is 2. The molecule has 2 aliphatic rings. The number of hydrogen-bond acceptors (Lipinski definition) is 11. The highest BCUT2D eigenvalue weighted by Crippen LogP contribution is 2.32. The SMILES string of the molecule is C=C(C)C(=O)OCCNC(=O)O[C@H]1[C@@H]2OC[C@@H](O2)[C@@H](O)[C@@H]1OC(=O)NCCOC(=O)C(=C)C. The van der Waals surface area contributed by atoms with E-state index in [1.807, 2.05) is 0 Å². The molecule has 2 heterocycles. The minimum absolute atomic E-state index is 0.0164. The molecule has 2 bridgehead atoms. The minimum Gasteiger partial charge on any atom is -0.460 e. The first-order valence-electron chi connectivity index (χ1n) is 10.1. The molecule has 2 rings (SSSR count). The molecule has 0 saturated carbocycles. The van der Waals surface area contributed by atoms with Crippen LogP contribution < -0.4 is 10.6 Å². The molecule has 13 nitrogen and oxygen atoms in total. The van der Waals surface area contributed by atoms with Gasteiger partial charge in [0.25, 0.3) is 0 Å². The molecule has 0 unspecified atom stereocenters. The van der Waals surface area contributed by atoms with Crippen molar-refractivity contribution in [3.05, 3.63) is 24.3 Å². The van der Waals surface area contributed by atoms with Crippen molar-refractivity contribution in [2.45, 2.75) is 44.6 Å². The van der Waals surface area contributed by atoms with Crippen LogP contribution in [0.2, 0.25) is 0 Å². The Hall–Kier alpha value is -3.16. The Balaban J connectivity index is 1.84. The van der Waals surface area contributed by atoms with Gasteiger partial charge in [-0.3, -0.25) is 0 Å². The van der Waals surface area contributed by atoms with E-state index in [0.717, 1.165) is 0 Å². The van der Waals surface area contributed by atoms with E-state index in [1.165, 1.54) is 13.8 Å². The first-order chi connectivity index (χ1) is 15.6. The fraction of sp³-hybridized carbons (Fsp3) is 0.600. The predicted molar refractivity (Wildman–Crippen MR) is 109 cm³/mol. The molecule has 0 aliphatic carbocycles. The summed E-state index contributed by atoms with van der Waals surface area (Å²) >= 11 is 0. The molecule has 0 spiro atoms. The van der Waals surface area contributed by atoms with Crippen LogP contribution in [-0.2, 0) is 38.0 Å². The molecule has 2 saturated heterocycles. The lowest BCUT2D eigenvalue weighted by Gasteiger charge is -2.37. The van der Waals surface area contributed by atoms with Crippen molar-refractivity contribution >= 4 is 24.1 Å². The molecular formula is C20H28N2O11. The lowest BCUT2D eigenvalue weighted by Crippen LogP contribution is -2.58. The third-order valence-corrected chi connectivity index (χ3v) is 4.44. The van der Waals surface area contributed by atoms with Crippen molar-refractivity contribution in [1.82, 2.24) is 10.6 Å². The summed E-state index contributed by atoms with van der Waals surface area (Å²) in [5.74, 6) is -1.21. The molecule has 13 heteroatoms. The highest BCUT2D eigenvalue weighted by molar-refractivity contribution is 5.87. The number of ether oxygens (including phenoxy) is 6. The third-order valence-electron chi connectivity index (χ3n) is 4.44. The number of fused-ring (bicyclic) bond motifs is 2. The summed E-state index contributed by atoms with van der Waals surface area (Å²) in [6.07, 6.45) is -7.59. The Kier molecular flexibility index (Phi) is 9.63. The van der Waals surface area contributed by atoms with Crippen molar-refractivity contribution in [3.63, 3.8) is 0 Å². The zero-order valence-corrected chi connectivity index (χ0v) is 18.4. The van der Waals surface area contributed by atoms with Crippen LogP contribution in [0.1, 0.15) is 13.8 Å². The minimum atomic E-state index is -1.33. The average Bonchev–Trinajstić information content (AvgIpc) is 3.21. The van der Waals surface area contributed by atoms with Crippen LogP contribution in [-0.4, -0.2) is 92.8 Å². The van der Waals surface area contributed by atoms with Gasteiger partial charge in [0.15, 0.2) is 18.5 Å². The number of rotatable bonds is 10. The van der Waals surface area contributed by atoms with E-state index in [9.17, 15) is 24.3 Å². The molecule has 0 aromatic carbocycles. The van der Waals surface area contributed by atoms with Gasteiger partial charge in [0, 0.05) is 11.1 Å². The Labute approximate surface area is 190 Å². The molecule has 0 radical (unpaired) electrons. The molecule has 0 aromatic rings.